The lowest BCUT2D eigenvalue weighted by Crippen LogP contribution is -2.27. The second-order valence-corrected chi connectivity index (χ2v) is 10.2. The Labute approximate surface area is 182 Å². The van der Waals surface area contributed by atoms with Crippen LogP contribution in [0.25, 0.3) is 0 Å². The average Bonchev–Trinajstić information content (AvgIpc) is 3.21. The Balaban J connectivity index is 1.51. The molecule has 0 unspecified atom stereocenters. The molecule has 0 bridgehead atoms. The van der Waals surface area contributed by atoms with E-state index in [2.05, 4.69) is 42.9 Å². The third kappa shape index (κ3) is 5.70. The van der Waals surface area contributed by atoms with E-state index in [9.17, 15) is 13.2 Å². The highest BCUT2D eigenvalue weighted by molar-refractivity contribution is 7.94. The van der Waals surface area contributed by atoms with Crippen LogP contribution >= 0.6 is 11.3 Å². The molecular weight excluding hydrogens is 416 g/mol. The molecule has 0 saturated heterocycles. The second kappa shape index (κ2) is 9.45. The SMILES string of the molecule is Cc1cc(C)c(CCNC(=O)Cc2ccc(NS(=O)(=O)c3cccs3)cc2)c(C)c1. The highest BCUT2D eigenvalue weighted by Crippen LogP contribution is 2.20. The van der Waals surface area contributed by atoms with Gasteiger partial charge in [-0.15, -0.1) is 11.3 Å². The van der Waals surface area contributed by atoms with E-state index in [4.69, 9.17) is 0 Å². The first-order valence-electron chi connectivity index (χ1n) is 9.73. The maximum atomic E-state index is 12.3. The van der Waals surface area contributed by atoms with Gasteiger partial charge in [-0.05, 0) is 73.0 Å². The first kappa shape index (κ1) is 22.1. The molecule has 0 radical (unpaired) electrons. The first-order chi connectivity index (χ1) is 14.2. The zero-order chi connectivity index (χ0) is 21.7. The number of nitrogens with one attached hydrogen (secondary N) is 2. The summed E-state index contributed by atoms with van der Waals surface area (Å²) in [6.07, 6.45) is 1.05. The summed E-state index contributed by atoms with van der Waals surface area (Å²) >= 11 is 1.17. The van der Waals surface area contributed by atoms with Gasteiger partial charge < -0.3 is 5.32 Å². The average molecular weight is 443 g/mol. The van der Waals surface area contributed by atoms with Crippen molar-refractivity contribution in [2.75, 3.05) is 11.3 Å². The summed E-state index contributed by atoms with van der Waals surface area (Å²) in [6.45, 7) is 6.88. The van der Waals surface area contributed by atoms with Crippen molar-refractivity contribution in [2.45, 2.75) is 37.8 Å². The zero-order valence-electron chi connectivity index (χ0n) is 17.4. The number of anilines is 1. The van der Waals surface area contributed by atoms with Crippen molar-refractivity contribution in [1.82, 2.24) is 5.32 Å². The highest BCUT2D eigenvalue weighted by atomic mass is 32.2. The van der Waals surface area contributed by atoms with Crippen LogP contribution in [-0.2, 0) is 27.7 Å². The molecule has 0 aliphatic heterocycles. The van der Waals surface area contributed by atoms with Gasteiger partial charge in [0.1, 0.15) is 4.21 Å². The van der Waals surface area contributed by atoms with Crippen LogP contribution in [0.15, 0.2) is 58.1 Å². The van der Waals surface area contributed by atoms with Crippen LogP contribution in [0.4, 0.5) is 5.69 Å². The quantitative estimate of drug-likeness (QED) is 0.544. The number of sulfonamides is 1. The Kier molecular flexibility index (Phi) is 6.95. The van der Waals surface area contributed by atoms with Gasteiger partial charge >= 0.3 is 0 Å². The maximum absolute atomic E-state index is 12.3. The Morgan fingerprint density at radius 3 is 2.27 bits per heavy atom. The van der Waals surface area contributed by atoms with E-state index in [0.29, 0.717) is 12.2 Å². The minimum atomic E-state index is -3.56. The summed E-state index contributed by atoms with van der Waals surface area (Å²) in [5.41, 5.74) is 6.33. The normalized spacial score (nSPS) is 11.3. The van der Waals surface area contributed by atoms with E-state index in [1.807, 2.05) is 0 Å². The molecule has 5 nitrogen and oxygen atoms in total. The van der Waals surface area contributed by atoms with Crippen LogP contribution in [-0.4, -0.2) is 20.9 Å². The summed E-state index contributed by atoms with van der Waals surface area (Å²) < 4.78 is 27.3. The fourth-order valence-electron chi connectivity index (χ4n) is 3.49. The summed E-state index contributed by atoms with van der Waals surface area (Å²) in [4.78, 5) is 12.3. The predicted molar refractivity (Wildman–Crippen MR) is 123 cm³/mol. The van der Waals surface area contributed by atoms with Gasteiger partial charge in [-0.2, -0.15) is 0 Å². The van der Waals surface area contributed by atoms with E-state index in [1.165, 1.54) is 33.6 Å². The largest absolute Gasteiger partial charge is 0.355 e. The molecule has 0 saturated carbocycles. The van der Waals surface area contributed by atoms with Crippen LogP contribution in [0.3, 0.4) is 0 Å². The number of aryl methyl sites for hydroxylation is 3. The molecule has 3 aromatic rings. The lowest BCUT2D eigenvalue weighted by Gasteiger charge is -2.12. The monoisotopic (exact) mass is 442 g/mol. The van der Waals surface area contributed by atoms with Gasteiger partial charge in [-0.3, -0.25) is 9.52 Å². The molecule has 0 aliphatic carbocycles. The third-order valence-electron chi connectivity index (χ3n) is 4.87. The van der Waals surface area contributed by atoms with Gasteiger partial charge in [0.25, 0.3) is 10.0 Å². The summed E-state index contributed by atoms with van der Waals surface area (Å²) in [5, 5.41) is 4.69. The summed E-state index contributed by atoms with van der Waals surface area (Å²) in [5.74, 6) is -0.0515. The topological polar surface area (TPSA) is 75.3 Å². The molecule has 0 fully saturated rings. The lowest BCUT2D eigenvalue weighted by atomic mass is 9.97. The van der Waals surface area contributed by atoms with Crippen molar-refractivity contribution in [3.05, 3.63) is 81.7 Å². The maximum Gasteiger partial charge on any atom is 0.271 e. The molecule has 7 heteroatoms. The molecule has 2 N–H and O–H groups in total. The van der Waals surface area contributed by atoms with Crippen molar-refractivity contribution >= 4 is 33.0 Å². The predicted octanol–water partition coefficient (Wildman–Crippen LogP) is 4.38. The number of rotatable bonds is 8. The molecule has 0 aliphatic rings. The smallest absolute Gasteiger partial charge is 0.271 e. The van der Waals surface area contributed by atoms with Crippen LogP contribution in [0.5, 0.6) is 0 Å². The van der Waals surface area contributed by atoms with E-state index in [1.54, 1.807) is 41.8 Å². The van der Waals surface area contributed by atoms with Crippen LogP contribution < -0.4 is 10.0 Å². The fraction of sp³-hybridized carbons (Fsp3) is 0.261. The third-order valence-corrected chi connectivity index (χ3v) is 7.65. The zero-order valence-corrected chi connectivity index (χ0v) is 19.0. The number of hydrogen-bond donors (Lipinski definition) is 2. The highest BCUT2D eigenvalue weighted by Gasteiger charge is 2.15. The minimum absolute atomic E-state index is 0.0515. The number of carbonyl (C=O) groups excluding carboxylic acids is 1. The Bertz CT molecular complexity index is 1100. The first-order valence-corrected chi connectivity index (χ1v) is 12.1. The molecule has 1 amide bonds. The number of amides is 1. The van der Waals surface area contributed by atoms with Crippen molar-refractivity contribution in [2.24, 2.45) is 0 Å². The number of hydrogen-bond acceptors (Lipinski definition) is 4. The fourth-order valence-corrected chi connectivity index (χ4v) is 5.54. The van der Waals surface area contributed by atoms with Gasteiger partial charge in [0.05, 0.1) is 6.42 Å². The Morgan fingerprint density at radius 1 is 1.00 bits per heavy atom. The van der Waals surface area contributed by atoms with Crippen LogP contribution in [0.2, 0.25) is 0 Å². The molecule has 158 valence electrons. The number of thiophene rings is 1. The van der Waals surface area contributed by atoms with Crippen LogP contribution in [0, 0.1) is 20.8 Å². The van der Waals surface area contributed by atoms with E-state index in [0.717, 1.165) is 12.0 Å². The van der Waals surface area contributed by atoms with Crippen molar-refractivity contribution in [1.29, 1.82) is 0 Å². The molecule has 2 aromatic carbocycles. The second-order valence-electron chi connectivity index (χ2n) is 7.39. The molecule has 0 atom stereocenters. The Morgan fingerprint density at radius 2 is 1.67 bits per heavy atom. The summed E-state index contributed by atoms with van der Waals surface area (Å²) in [7, 11) is -3.56. The van der Waals surface area contributed by atoms with Gasteiger partial charge in [0.2, 0.25) is 5.91 Å². The van der Waals surface area contributed by atoms with Crippen molar-refractivity contribution in [3.63, 3.8) is 0 Å². The Hall–Kier alpha value is -2.64. The van der Waals surface area contributed by atoms with E-state index >= 15 is 0 Å². The van der Waals surface area contributed by atoms with Gasteiger partial charge in [-0.25, -0.2) is 8.42 Å². The van der Waals surface area contributed by atoms with E-state index in [-0.39, 0.29) is 16.5 Å². The number of benzene rings is 2. The molecule has 1 heterocycles. The molecule has 1 aromatic heterocycles. The number of carbonyl (C=O) groups is 1. The van der Waals surface area contributed by atoms with Gasteiger partial charge in [-0.1, -0.05) is 35.9 Å². The van der Waals surface area contributed by atoms with Crippen molar-refractivity contribution in [3.8, 4) is 0 Å². The van der Waals surface area contributed by atoms with Gasteiger partial charge in [0.15, 0.2) is 0 Å². The standard InChI is InChI=1S/C23H26N2O3S2/c1-16-13-17(2)21(18(3)14-16)10-11-24-22(26)15-19-6-8-20(9-7-19)25-30(27,28)23-5-4-12-29-23/h4-9,12-14,25H,10-11,15H2,1-3H3,(H,24,26). The minimum Gasteiger partial charge on any atom is -0.355 e. The van der Waals surface area contributed by atoms with Crippen molar-refractivity contribution < 1.29 is 13.2 Å². The van der Waals surface area contributed by atoms with Crippen LogP contribution in [0.1, 0.15) is 27.8 Å². The molecular formula is C23H26N2O3S2. The molecule has 30 heavy (non-hydrogen) atoms. The summed E-state index contributed by atoms with van der Waals surface area (Å²) in [6, 6.07) is 14.5. The van der Waals surface area contributed by atoms with E-state index < -0.39 is 10.0 Å². The lowest BCUT2D eigenvalue weighted by molar-refractivity contribution is -0.120. The molecule has 3 rings (SSSR count). The molecule has 0 spiro atoms. The van der Waals surface area contributed by atoms with Gasteiger partial charge in [0, 0.05) is 12.2 Å².